The molecule has 154 valence electrons. The van der Waals surface area contributed by atoms with Gasteiger partial charge in [0.2, 0.25) is 9.84 Å². The molecule has 4 rings (SSSR count). The Hall–Kier alpha value is -2.66. The number of fused-ring (bicyclic) bond motifs is 1. The highest BCUT2D eigenvalue weighted by atomic mass is 32.2. The summed E-state index contributed by atoms with van der Waals surface area (Å²) in [6.07, 6.45) is 3.31. The van der Waals surface area contributed by atoms with Crippen molar-refractivity contribution in [1.29, 1.82) is 0 Å². The van der Waals surface area contributed by atoms with Crippen LogP contribution in [0.25, 0.3) is 11.0 Å². The summed E-state index contributed by atoms with van der Waals surface area (Å²) in [5, 5.41) is 5.16. The van der Waals surface area contributed by atoms with E-state index in [-0.39, 0.29) is 4.90 Å². The monoisotopic (exact) mass is 422 g/mol. The number of aryl methyl sites for hydroxylation is 1. The van der Waals surface area contributed by atoms with Gasteiger partial charge in [-0.1, -0.05) is 12.1 Å². The molecule has 1 saturated heterocycles. The Bertz CT molecular complexity index is 1110. The van der Waals surface area contributed by atoms with Gasteiger partial charge in [0.15, 0.2) is 5.65 Å². The first kappa shape index (κ1) is 19.6. The van der Waals surface area contributed by atoms with Gasteiger partial charge in [0, 0.05) is 39.8 Å². The van der Waals surface area contributed by atoms with Crippen molar-refractivity contribution in [3.05, 3.63) is 42.4 Å². The largest absolute Gasteiger partial charge is 0.353 e. The molecular weight excluding hydrogens is 402 g/mol. The third kappa shape index (κ3) is 3.79. The quantitative estimate of drug-likeness (QED) is 0.619. The van der Waals surface area contributed by atoms with Crippen molar-refractivity contribution in [3.8, 4) is 0 Å². The van der Waals surface area contributed by atoms with E-state index < -0.39 is 15.6 Å². The normalized spacial score (nSPS) is 16.1. The number of sulfone groups is 1. The molecule has 0 N–H and O–H groups in total. The topological polar surface area (TPSA) is 84.2 Å². The summed E-state index contributed by atoms with van der Waals surface area (Å²) in [7, 11) is -2.71. The Morgan fingerprint density at radius 2 is 1.76 bits per heavy atom. The molecule has 0 bridgehead atoms. The Labute approximate surface area is 166 Å². The van der Waals surface area contributed by atoms with Gasteiger partial charge in [-0.15, -0.1) is 0 Å². The SMILES string of the molecule is Cn1ncc2c(N3CCN(Cc4ccc(S(=O)(=O)C(F)F)cc4)CC3)ncnc21. The van der Waals surface area contributed by atoms with Crippen molar-refractivity contribution in [3.63, 3.8) is 0 Å². The second-order valence-corrected chi connectivity index (χ2v) is 8.83. The van der Waals surface area contributed by atoms with Crippen molar-refractivity contribution < 1.29 is 17.2 Å². The third-order valence-electron chi connectivity index (χ3n) is 5.07. The van der Waals surface area contributed by atoms with Crippen LogP contribution in [0, 0.1) is 0 Å². The van der Waals surface area contributed by atoms with E-state index in [2.05, 4.69) is 24.9 Å². The minimum atomic E-state index is -4.55. The average molecular weight is 422 g/mol. The molecule has 1 fully saturated rings. The first-order valence-corrected chi connectivity index (χ1v) is 10.6. The lowest BCUT2D eigenvalue weighted by molar-refractivity contribution is 0.234. The highest BCUT2D eigenvalue weighted by molar-refractivity contribution is 7.91. The molecular formula is C18H20F2N6O2S. The second-order valence-electron chi connectivity index (χ2n) is 6.92. The van der Waals surface area contributed by atoms with Crippen molar-refractivity contribution in [2.45, 2.75) is 17.2 Å². The number of nitrogens with zero attached hydrogens (tertiary/aromatic N) is 6. The number of rotatable bonds is 5. The first-order valence-electron chi connectivity index (χ1n) is 9.07. The molecule has 8 nitrogen and oxygen atoms in total. The third-order valence-corrected chi connectivity index (χ3v) is 6.47. The lowest BCUT2D eigenvalue weighted by Crippen LogP contribution is -2.46. The summed E-state index contributed by atoms with van der Waals surface area (Å²) in [6.45, 7) is 3.76. The molecule has 0 aliphatic carbocycles. The maximum Gasteiger partial charge on any atom is 0.341 e. The zero-order chi connectivity index (χ0) is 20.6. The molecule has 2 aromatic heterocycles. The van der Waals surface area contributed by atoms with Crippen molar-refractivity contribution in [2.75, 3.05) is 31.1 Å². The summed E-state index contributed by atoms with van der Waals surface area (Å²) < 4.78 is 50.0. The van der Waals surface area contributed by atoms with Crippen LogP contribution in [0.3, 0.4) is 0 Å². The van der Waals surface area contributed by atoms with E-state index in [0.29, 0.717) is 6.54 Å². The Kier molecular flexibility index (Phi) is 5.17. The van der Waals surface area contributed by atoms with E-state index >= 15 is 0 Å². The van der Waals surface area contributed by atoms with Crippen LogP contribution >= 0.6 is 0 Å². The number of hydrogen-bond acceptors (Lipinski definition) is 7. The molecule has 0 saturated carbocycles. The fraction of sp³-hybridized carbons (Fsp3) is 0.389. The number of anilines is 1. The van der Waals surface area contributed by atoms with Gasteiger partial charge in [0.25, 0.3) is 0 Å². The van der Waals surface area contributed by atoms with Crippen LogP contribution in [0.4, 0.5) is 14.6 Å². The fourth-order valence-corrected chi connectivity index (χ4v) is 4.19. The van der Waals surface area contributed by atoms with Crippen LogP contribution in [0.15, 0.2) is 41.7 Å². The van der Waals surface area contributed by atoms with Crippen LogP contribution in [0.1, 0.15) is 5.56 Å². The lowest BCUT2D eigenvalue weighted by Gasteiger charge is -2.35. The molecule has 1 aromatic carbocycles. The standard InChI is InChI=1S/C18H20F2N6O2S/c1-24-16-15(10-23-24)17(22-12-21-16)26-8-6-25(7-9-26)11-13-2-4-14(5-3-13)29(27,28)18(19)20/h2-5,10,12,18H,6-9,11H2,1H3. The molecule has 0 amide bonds. The van der Waals surface area contributed by atoms with E-state index in [1.54, 1.807) is 29.3 Å². The van der Waals surface area contributed by atoms with Crippen molar-refractivity contribution in [2.24, 2.45) is 7.05 Å². The van der Waals surface area contributed by atoms with Crippen molar-refractivity contribution >= 4 is 26.7 Å². The summed E-state index contributed by atoms with van der Waals surface area (Å²) in [5.74, 6) is -2.54. The number of hydrogen-bond donors (Lipinski definition) is 0. The van der Waals surface area contributed by atoms with Gasteiger partial charge < -0.3 is 4.90 Å². The average Bonchev–Trinajstić information content (AvgIpc) is 3.10. The van der Waals surface area contributed by atoms with Crippen LogP contribution < -0.4 is 4.90 Å². The maximum absolute atomic E-state index is 12.6. The van der Waals surface area contributed by atoms with E-state index in [9.17, 15) is 17.2 Å². The van der Waals surface area contributed by atoms with Gasteiger partial charge in [-0.3, -0.25) is 9.58 Å². The number of piperazine rings is 1. The molecule has 3 heterocycles. The first-order chi connectivity index (χ1) is 13.9. The van der Waals surface area contributed by atoms with Crippen LogP contribution in [0.2, 0.25) is 0 Å². The summed E-state index contributed by atoms with van der Waals surface area (Å²) >= 11 is 0. The van der Waals surface area contributed by atoms with Gasteiger partial charge in [-0.25, -0.2) is 18.4 Å². The number of benzene rings is 1. The van der Waals surface area contributed by atoms with E-state index in [4.69, 9.17) is 0 Å². The summed E-state index contributed by atoms with van der Waals surface area (Å²) in [6, 6.07) is 5.66. The zero-order valence-corrected chi connectivity index (χ0v) is 16.6. The molecule has 1 aliphatic heterocycles. The van der Waals surface area contributed by atoms with Gasteiger partial charge in [-0.05, 0) is 17.7 Å². The highest BCUT2D eigenvalue weighted by Crippen LogP contribution is 2.24. The van der Waals surface area contributed by atoms with Crippen LogP contribution in [-0.2, 0) is 23.4 Å². The fourth-order valence-electron chi connectivity index (χ4n) is 3.47. The van der Waals surface area contributed by atoms with E-state index in [0.717, 1.165) is 48.6 Å². The molecule has 0 spiro atoms. The Balaban J connectivity index is 1.40. The smallest absolute Gasteiger partial charge is 0.341 e. The van der Waals surface area contributed by atoms with E-state index in [1.165, 1.54) is 12.1 Å². The van der Waals surface area contributed by atoms with Gasteiger partial charge in [0.1, 0.15) is 12.1 Å². The summed E-state index contributed by atoms with van der Waals surface area (Å²) in [4.78, 5) is 12.8. The molecule has 0 atom stereocenters. The lowest BCUT2D eigenvalue weighted by atomic mass is 10.2. The number of alkyl halides is 2. The van der Waals surface area contributed by atoms with Crippen LogP contribution in [-0.4, -0.2) is 65.0 Å². The minimum absolute atomic E-state index is 0.356. The van der Waals surface area contributed by atoms with Gasteiger partial charge in [-0.2, -0.15) is 13.9 Å². The van der Waals surface area contributed by atoms with Gasteiger partial charge >= 0.3 is 5.76 Å². The maximum atomic E-state index is 12.6. The van der Waals surface area contributed by atoms with Crippen molar-refractivity contribution in [1.82, 2.24) is 24.6 Å². The highest BCUT2D eigenvalue weighted by Gasteiger charge is 2.26. The molecule has 0 radical (unpaired) electrons. The summed E-state index contributed by atoms with van der Waals surface area (Å²) in [5.41, 5.74) is 1.67. The Morgan fingerprint density at radius 3 is 2.41 bits per heavy atom. The predicted octanol–water partition coefficient (Wildman–Crippen LogP) is 1.68. The second kappa shape index (κ2) is 7.64. The number of halogens is 2. The van der Waals surface area contributed by atoms with Crippen LogP contribution in [0.5, 0.6) is 0 Å². The molecule has 11 heteroatoms. The number of aromatic nitrogens is 4. The molecule has 29 heavy (non-hydrogen) atoms. The van der Waals surface area contributed by atoms with Gasteiger partial charge in [0.05, 0.1) is 16.5 Å². The predicted molar refractivity (Wildman–Crippen MR) is 103 cm³/mol. The van der Waals surface area contributed by atoms with E-state index in [1.807, 2.05) is 7.05 Å². The molecule has 1 aliphatic rings. The minimum Gasteiger partial charge on any atom is -0.353 e. The zero-order valence-electron chi connectivity index (χ0n) is 15.7. The molecule has 3 aromatic rings. The molecule has 0 unspecified atom stereocenters. The Morgan fingerprint density at radius 1 is 1.07 bits per heavy atom.